The zero-order valence-corrected chi connectivity index (χ0v) is 15.1. The lowest BCUT2D eigenvalue weighted by atomic mass is 10.3. The summed E-state index contributed by atoms with van der Waals surface area (Å²) in [7, 11) is -1.08. The van der Waals surface area contributed by atoms with E-state index in [4.69, 9.17) is 44.3 Å². The van der Waals surface area contributed by atoms with E-state index in [0.717, 1.165) is 0 Å². The molecule has 0 amide bonds. The van der Waals surface area contributed by atoms with Gasteiger partial charge in [-0.1, -0.05) is 34.8 Å². The van der Waals surface area contributed by atoms with E-state index in [1.54, 1.807) is 0 Å². The van der Waals surface area contributed by atoms with Crippen LogP contribution in [0.25, 0.3) is 0 Å². The molecular formula is C14H12Cl3NO4S. The Morgan fingerprint density at radius 2 is 1.52 bits per heavy atom. The van der Waals surface area contributed by atoms with Crippen molar-refractivity contribution in [1.82, 2.24) is 0 Å². The molecule has 0 saturated carbocycles. The van der Waals surface area contributed by atoms with Gasteiger partial charge in [-0.05, 0) is 18.2 Å². The summed E-state index contributed by atoms with van der Waals surface area (Å²) in [6, 6.07) is 6.88. The number of sulfonamides is 1. The fourth-order valence-electron chi connectivity index (χ4n) is 1.79. The molecule has 0 fully saturated rings. The van der Waals surface area contributed by atoms with Gasteiger partial charge in [-0.15, -0.1) is 0 Å². The van der Waals surface area contributed by atoms with Crippen molar-refractivity contribution in [3.05, 3.63) is 45.4 Å². The Labute approximate surface area is 149 Å². The smallest absolute Gasteiger partial charge is 0.262 e. The molecule has 5 nitrogen and oxygen atoms in total. The van der Waals surface area contributed by atoms with E-state index >= 15 is 0 Å². The Hall–Kier alpha value is -1.34. The van der Waals surface area contributed by atoms with E-state index in [2.05, 4.69) is 4.72 Å². The Balaban J connectivity index is 2.46. The summed E-state index contributed by atoms with van der Waals surface area (Å²) in [5.74, 6) is 0.554. The molecule has 0 aliphatic rings. The molecular weight excluding hydrogens is 385 g/mol. The van der Waals surface area contributed by atoms with E-state index in [1.165, 1.54) is 44.6 Å². The van der Waals surface area contributed by atoms with E-state index in [1.807, 2.05) is 0 Å². The predicted octanol–water partition coefficient (Wildman–Crippen LogP) is 4.46. The molecule has 0 aromatic heterocycles. The normalized spacial score (nSPS) is 11.2. The number of nitrogens with one attached hydrogen (secondary N) is 1. The van der Waals surface area contributed by atoms with Crippen molar-refractivity contribution in [2.45, 2.75) is 4.90 Å². The van der Waals surface area contributed by atoms with Crippen molar-refractivity contribution >= 4 is 50.5 Å². The molecule has 2 aromatic carbocycles. The Kier molecular flexibility index (Phi) is 5.52. The van der Waals surface area contributed by atoms with Gasteiger partial charge < -0.3 is 9.47 Å². The minimum Gasteiger partial charge on any atom is -0.495 e. The standard InChI is InChI=1S/C14H12Cl3NO4S/c1-21-13-7-12(14(22-2)6-11(13)17)18-23(19,20)8-3-4-9(15)10(16)5-8/h3-7,18H,1-2H3. The van der Waals surface area contributed by atoms with E-state index < -0.39 is 10.0 Å². The summed E-state index contributed by atoms with van der Waals surface area (Å²) in [5, 5.41) is 0.688. The van der Waals surface area contributed by atoms with Gasteiger partial charge in [0.1, 0.15) is 11.5 Å². The molecule has 9 heteroatoms. The molecule has 0 radical (unpaired) electrons. The van der Waals surface area contributed by atoms with Gasteiger partial charge in [-0.2, -0.15) is 0 Å². The van der Waals surface area contributed by atoms with Crippen LogP contribution in [0, 0.1) is 0 Å². The first kappa shape index (κ1) is 18.0. The van der Waals surface area contributed by atoms with Crippen molar-refractivity contribution in [2.24, 2.45) is 0 Å². The lowest BCUT2D eigenvalue weighted by Gasteiger charge is -2.14. The summed E-state index contributed by atoms with van der Waals surface area (Å²) in [5.41, 5.74) is 0.180. The summed E-state index contributed by atoms with van der Waals surface area (Å²) >= 11 is 17.7. The highest BCUT2D eigenvalue weighted by Gasteiger charge is 2.19. The maximum atomic E-state index is 12.5. The number of anilines is 1. The summed E-state index contributed by atoms with van der Waals surface area (Å²) in [6.45, 7) is 0. The zero-order chi connectivity index (χ0) is 17.2. The largest absolute Gasteiger partial charge is 0.495 e. The highest BCUT2D eigenvalue weighted by molar-refractivity contribution is 7.92. The predicted molar refractivity (Wildman–Crippen MR) is 91.8 cm³/mol. The summed E-state index contributed by atoms with van der Waals surface area (Å²) < 4.78 is 37.6. The van der Waals surface area contributed by atoms with Crippen LogP contribution in [0.2, 0.25) is 15.1 Å². The third-order valence-corrected chi connectivity index (χ3v) is 5.32. The van der Waals surface area contributed by atoms with E-state index in [-0.39, 0.29) is 26.4 Å². The van der Waals surface area contributed by atoms with Crippen LogP contribution in [0.5, 0.6) is 11.5 Å². The molecule has 0 unspecified atom stereocenters. The highest BCUT2D eigenvalue weighted by Crippen LogP contribution is 2.37. The van der Waals surface area contributed by atoms with Crippen molar-refractivity contribution in [3.63, 3.8) is 0 Å². The molecule has 0 saturated heterocycles. The van der Waals surface area contributed by atoms with Gasteiger partial charge in [0.2, 0.25) is 0 Å². The zero-order valence-electron chi connectivity index (χ0n) is 12.1. The SMILES string of the molecule is COc1cc(NS(=O)(=O)c2ccc(Cl)c(Cl)c2)c(OC)cc1Cl. The fourth-order valence-corrected chi connectivity index (χ4v) is 3.47. The van der Waals surface area contributed by atoms with E-state index in [0.29, 0.717) is 10.8 Å². The highest BCUT2D eigenvalue weighted by atomic mass is 35.5. The number of rotatable bonds is 5. The molecule has 2 aromatic rings. The van der Waals surface area contributed by atoms with Gasteiger partial charge in [0.15, 0.2) is 0 Å². The second-order valence-electron chi connectivity index (χ2n) is 4.37. The number of ether oxygens (including phenoxy) is 2. The van der Waals surface area contributed by atoms with Gasteiger partial charge in [-0.25, -0.2) is 8.42 Å². The van der Waals surface area contributed by atoms with Crippen LogP contribution in [0.3, 0.4) is 0 Å². The molecule has 0 atom stereocenters. The Morgan fingerprint density at radius 3 is 2.09 bits per heavy atom. The maximum Gasteiger partial charge on any atom is 0.262 e. The Bertz CT molecular complexity index is 840. The van der Waals surface area contributed by atoms with Crippen LogP contribution in [0.15, 0.2) is 35.2 Å². The Morgan fingerprint density at radius 1 is 0.870 bits per heavy atom. The van der Waals surface area contributed by atoms with Crippen LogP contribution >= 0.6 is 34.8 Å². The second kappa shape index (κ2) is 7.05. The lowest BCUT2D eigenvalue weighted by molar-refractivity contribution is 0.405. The molecule has 0 aliphatic carbocycles. The molecule has 23 heavy (non-hydrogen) atoms. The maximum absolute atomic E-state index is 12.5. The second-order valence-corrected chi connectivity index (χ2v) is 7.27. The first-order chi connectivity index (χ1) is 10.8. The van der Waals surface area contributed by atoms with Gasteiger partial charge >= 0.3 is 0 Å². The van der Waals surface area contributed by atoms with Crippen LogP contribution in [0.4, 0.5) is 5.69 Å². The van der Waals surface area contributed by atoms with Gasteiger partial charge in [0.05, 0.1) is 39.9 Å². The van der Waals surface area contributed by atoms with Gasteiger partial charge in [-0.3, -0.25) is 4.72 Å². The minimum atomic E-state index is -3.89. The molecule has 0 heterocycles. The first-order valence-corrected chi connectivity index (χ1v) is 8.79. The third kappa shape index (κ3) is 3.95. The van der Waals surface area contributed by atoms with Crippen molar-refractivity contribution < 1.29 is 17.9 Å². The monoisotopic (exact) mass is 395 g/mol. The third-order valence-electron chi connectivity index (χ3n) is 2.92. The number of halogens is 3. The minimum absolute atomic E-state index is 0.0390. The summed E-state index contributed by atoms with van der Waals surface area (Å²) in [6.07, 6.45) is 0. The van der Waals surface area contributed by atoms with Crippen LogP contribution in [-0.4, -0.2) is 22.6 Å². The van der Waals surface area contributed by atoms with Gasteiger partial charge in [0.25, 0.3) is 10.0 Å². The van der Waals surface area contributed by atoms with Crippen LogP contribution < -0.4 is 14.2 Å². The van der Waals surface area contributed by atoms with Crippen molar-refractivity contribution in [2.75, 3.05) is 18.9 Å². The van der Waals surface area contributed by atoms with Crippen LogP contribution in [-0.2, 0) is 10.0 Å². The average Bonchev–Trinajstić information content (AvgIpc) is 2.50. The molecule has 0 bridgehead atoms. The molecule has 1 N–H and O–H groups in total. The number of hydrogen-bond acceptors (Lipinski definition) is 4. The lowest BCUT2D eigenvalue weighted by Crippen LogP contribution is -2.13. The van der Waals surface area contributed by atoms with Crippen LogP contribution in [0.1, 0.15) is 0 Å². The molecule has 124 valence electrons. The molecule has 0 aliphatic heterocycles. The topological polar surface area (TPSA) is 64.6 Å². The first-order valence-electron chi connectivity index (χ1n) is 6.18. The quantitative estimate of drug-likeness (QED) is 0.810. The number of hydrogen-bond donors (Lipinski definition) is 1. The molecule has 2 rings (SSSR count). The van der Waals surface area contributed by atoms with E-state index in [9.17, 15) is 8.42 Å². The molecule has 0 spiro atoms. The average molecular weight is 397 g/mol. The number of methoxy groups -OCH3 is 2. The van der Waals surface area contributed by atoms with Gasteiger partial charge in [0, 0.05) is 12.1 Å². The number of benzene rings is 2. The van der Waals surface area contributed by atoms with Crippen molar-refractivity contribution in [1.29, 1.82) is 0 Å². The fraction of sp³-hybridized carbons (Fsp3) is 0.143. The summed E-state index contributed by atoms with van der Waals surface area (Å²) in [4.78, 5) is -0.0390. The van der Waals surface area contributed by atoms with Crippen molar-refractivity contribution in [3.8, 4) is 11.5 Å².